The zero-order valence-electron chi connectivity index (χ0n) is 16.2. The molecular weight excluding hydrogens is 407 g/mol. The van der Waals surface area contributed by atoms with Crippen LogP contribution >= 0.6 is 23.2 Å². The fourth-order valence-corrected chi connectivity index (χ4v) is 4.98. The van der Waals surface area contributed by atoms with Crippen molar-refractivity contribution in [3.63, 3.8) is 0 Å². The molecule has 3 heterocycles. The Balaban J connectivity index is 1.64. The largest absolute Gasteiger partial charge is 0.246 e. The van der Waals surface area contributed by atoms with Crippen LogP contribution in [-0.2, 0) is 0 Å². The number of aromatic nitrogens is 5. The van der Waals surface area contributed by atoms with E-state index in [1.54, 1.807) is 12.5 Å². The average Bonchev–Trinajstić information content (AvgIpc) is 3.39. The van der Waals surface area contributed by atoms with Gasteiger partial charge in [0.05, 0.1) is 34.2 Å². The summed E-state index contributed by atoms with van der Waals surface area (Å²) in [6.07, 6.45) is 9.51. The molecule has 1 fully saturated rings. The first-order valence-electron chi connectivity index (χ1n) is 10.1. The smallest absolute Gasteiger partial charge is 0.150 e. The molecule has 2 atom stereocenters. The van der Waals surface area contributed by atoms with E-state index in [0.717, 1.165) is 35.8 Å². The molecule has 0 radical (unpaired) electrons. The van der Waals surface area contributed by atoms with Crippen molar-refractivity contribution in [2.24, 2.45) is 4.99 Å². The molecule has 29 heavy (non-hydrogen) atoms. The molecule has 2 aliphatic rings. The van der Waals surface area contributed by atoms with Crippen LogP contribution in [0.1, 0.15) is 68.4 Å². The van der Waals surface area contributed by atoms with Crippen LogP contribution in [0.2, 0.25) is 10.0 Å². The quantitative estimate of drug-likeness (QED) is 0.531. The Bertz CT molecular complexity index is 1060. The van der Waals surface area contributed by atoms with Gasteiger partial charge in [-0.05, 0) is 37.5 Å². The van der Waals surface area contributed by atoms with Crippen molar-refractivity contribution in [3.05, 3.63) is 58.2 Å². The van der Waals surface area contributed by atoms with E-state index in [9.17, 15) is 0 Å². The number of aliphatic imine (C=N–C) groups is 1. The van der Waals surface area contributed by atoms with Crippen LogP contribution in [0.3, 0.4) is 0 Å². The highest BCUT2D eigenvalue weighted by Crippen LogP contribution is 2.43. The lowest BCUT2D eigenvalue weighted by Gasteiger charge is -2.33. The third-order valence-corrected chi connectivity index (χ3v) is 6.79. The van der Waals surface area contributed by atoms with Crippen LogP contribution in [0.15, 0.2) is 41.8 Å². The van der Waals surface area contributed by atoms with Crippen LogP contribution in [0.4, 0.5) is 5.82 Å². The van der Waals surface area contributed by atoms with Gasteiger partial charge >= 0.3 is 0 Å². The molecule has 0 amide bonds. The van der Waals surface area contributed by atoms with Gasteiger partial charge in [0.1, 0.15) is 12.2 Å². The predicted molar refractivity (Wildman–Crippen MR) is 114 cm³/mol. The van der Waals surface area contributed by atoms with Crippen LogP contribution in [-0.4, -0.2) is 30.3 Å². The first kappa shape index (κ1) is 18.8. The van der Waals surface area contributed by atoms with Gasteiger partial charge < -0.3 is 0 Å². The molecule has 0 saturated heterocycles. The predicted octanol–water partition coefficient (Wildman–Crippen LogP) is 5.77. The molecule has 1 aliphatic carbocycles. The Kier molecular flexibility index (Phi) is 4.92. The van der Waals surface area contributed by atoms with Crippen molar-refractivity contribution in [2.45, 2.75) is 57.0 Å². The van der Waals surface area contributed by atoms with Crippen LogP contribution < -0.4 is 0 Å². The van der Waals surface area contributed by atoms with Crippen LogP contribution in [0, 0.1) is 0 Å². The second kappa shape index (κ2) is 7.58. The minimum absolute atomic E-state index is 0.0796. The Morgan fingerprint density at radius 1 is 0.966 bits per heavy atom. The molecule has 1 aliphatic heterocycles. The van der Waals surface area contributed by atoms with E-state index in [1.807, 2.05) is 28.9 Å². The Hall–Kier alpha value is -2.18. The molecule has 1 aromatic carbocycles. The van der Waals surface area contributed by atoms with Gasteiger partial charge in [-0.25, -0.2) is 19.3 Å². The van der Waals surface area contributed by atoms with Crippen LogP contribution in [0.25, 0.3) is 0 Å². The maximum absolute atomic E-state index is 6.37. The fraction of sp³-hybridized carbons (Fsp3) is 0.429. The number of nitrogens with zero attached hydrogens (tertiary/aromatic N) is 6. The zero-order valence-corrected chi connectivity index (χ0v) is 17.7. The van der Waals surface area contributed by atoms with E-state index in [2.05, 4.69) is 21.8 Å². The Labute approximate surface area is 179 Å². The summed E-state index contributed by atoms with van der Waals surface area (Å²) in [6, 6.07) is 7.98. The topological polar surface area (TPSA) is 60.9 Å². The van der Waals surface area contributed by atoms with Gasteiger partial charge in [0.15, 0.2) is 5.82 Å². The number of hydrogen-bond donors (Lipinski definition) is 0. The molecular formula is C21H22Cl2N6. The summed E-state index contributed by atoms with van der Waals surface area (Å²) in [4.78, 5) is 9.53. The minimum atomic E-state index is -0.112. The minimum Gasteiger partial charge on any atom is -0.246 e. The number of rotatable bonds is 3. The third-order valence-electron chi connectivity index (χ3n) is 6.05. The Morgan fingerprint density at radius 2 is 1.79 bits per heavy atom. The summed E-state index contributed by atoms with van der Waals surface area (Å²) >= 11 is 12.6. The molecule has 8 heteroatoms. The van der Waals surface area contributed by atoms with Gasteiger partial charge in [0.2, 0.25) is 0 Å². The first-order chi connectivity index (χ1) is 14.1. The zero-order chi connectivity index (χ0) is 20.0. The van der Waals surface area contributed by atoms with E-state index in [-0.39, 0.29) is 12.0 Å². The lowest BCUT2D eigenvalue weighted by atomic mass is 9.87. The van der Waals surface area contributed by atoms with Gasteiger partial charge in [-0.15, -0.1) is 0 Å². The van der Waals surface area contributed by atoms with E-state index >= 15 is 0 Å². The highest BCUT2D eigenvalue weighted by Gasteiger charge is 2.38. The van der Waals surface area contributed by atoms with E-state index in [4.69, 9.17) is 33.2 Å². The van der Waals surface area contributed by atoms with Crippen molar-refractivity contribution in [1.82, 2.24) is 24.5 Å². The maximum Gasteiger partial charge on any atom is 0.150 e. The van der Waals surface area contributed by atoms with Crippen molar-refractivity contribution in [1.29, 1.82) is 0 Å². The molecule has 0 bridgehead atoms. The van der Waals surface area contributed by atoms with Gasteiger partial charge in [-0.3, -0.25) is 0 Å². The normalized spacial score (nSPS) is 22.4. The van der Waals surface area contributed by atoms with E-state index in [0.29, 0.717) is 16.1 Å². The maximum atomic E-state index is 6.37. The molecule has 0 N–H and O–H groups in total. The molecule has 150 valence electrons. The molecule has 1 saturated carbocycles. The Morgan fingerprint density at radius 3 is 2.59 bits per heavy atom. The average molecular weight is 429 g/mol. The summed E-state index contributed by atoms with van der Waals surface area (Å²) in [5, 5.41) is 10.3. The molecule has 2 aromatic heterocycles. The number of hydrogen-bond acceptors (Lipinski definition) is 4. The summed E-state index contributed by atoms with van der Waals surface area (Å²) in [7, 11) is 0. The number of fused-ring (bicyclic) bond motifs is 1. The highest BCUT2D eigenvalue weighted by atomic mass is 35.5. The van der Waals surface area contributed by atoms with Gasteiger partial charge in [0.25, 0.3) is 0 Å². The molecule has 0 spiro atoms. The molecule has 3 aromatic rings. The summed E-state index contributed by atoms with van der Waals surface area (Å²) in [6.45, 7) is 2.06. The van der Waals surface area contributed by atoms with Gasteiger partial charge in [-0.1, -0.05) is 48.5 Å². The number of benzene rings is 1. The SMILES string of the molecule is CC1=Nc2ccnn2[C@H](c2ccc(Cl)c(Cl)c2)C1c1ncnn1C1CCCCC1. The van der Waals surface area contributed by atoms with Crippen molar-refractivity contribution < 1.29 is 0 Å². The second-order valence-electron chi connectivity index (χ2n) is 7.84. The summed E-state index contributed by atoms with van der Waals surface area (Å²) < 4.78 is 4.08. The fourth-order valence-electron chi connectivity index (χ4n) is 4.68. The van der Waals surface area contributed by atoms with Crippen molar-refractivity contribution in [2.75, 3.05) is 0 Å². The van der Waals surface area contributed by atoms with Gasteiger partial charge in [-0.2, -0.15) is 10.2 Å². The van der Waals surface area contributed by atoms with Crippen molar-refractivity contribution in [3.8, 4) is 0 Å². The third kappa shape index (κ3) is 3.28. The van der Waals surface area contributed by atoms with E-state index in [1.165, 1.54) is 19.3 Å². The van der Waals surface area contributed by atoms with Crippen LogP contribution in [0.5, 0.6) is 0 Å². The first-order valence-corrected chi connectivity index (χ1v) is 10.8. The standard InChI is InChI=1S/C21H22Cl2N6/c1-13-19(21-24-12-26-28(21)15-5-3-2-4-6-15)20(29-18(27-13)9-10-25-29)14-7-8-16(22)17(23)11-14/h7-12,15,19-20H,2-6H2,1H3/t19?,20-/m1/s1. The summed E-state index contributed by atoms with van der Waals surface area (Å²) in [5.74, 6) is 1.69. The van der Waals surface area contributed by atoms with Gasteiger partial charge in [0, 0.05) is 11.8 Å². The second-order valence-corrected chi connectivity index (χ2v) is 8.65. The highest BCUT2D eigenvalue weighted by molar-refractivity contribution is 6.42. The monoisotopic (exact) mass is 428 g/mol. The molecule has 5 rings (SSSR count). The lowest BCUT2D eigenvalue weighted by molar-refractivity contribution is 0.313. The lowest BCUT2D eigenvalue weighted by Crippen LogP contribution is -2.32. The van der Waals surface area contributed by atoms with Crippen molar-refractivity contribution >= 4 is 34.7 Å². The summed E-state index contributed by atoms with van der Waals surface area (Å²) in [5.41, 5.74) is 2.03. The molecule has 6 nitrogen and oxygen atoms in total. The number of halogens is 2. The molecule has 1 unspecified atom stereocenters. The van der Waals surface area contributed by atoms with E-state index < -0.39 is 0 Å².